The van der Waals surface area contributed by atoms with Crippen LogP contribution < -0.4 is 15.8 Å². The summed E-state index contributed by atoms with van der Waals surface area (Å²) in [7, 11) is 3.41. The van der Waals surface area contributed by atoms with E-state index in [2.05, 4.69) is 10.3 Å². The zero-order valence-electron chi connectivity index (χ0n) is 10.9. The maximum absolute atomic E-state index is 13.8. The lowest BCUT2D eigenvalue weighted by atomic mass is 10.2. The van der Waals surface area contributed by atoms with E-state index in [9.17, 15) is 4.39 Å². The molecule has 1 aromatic carbocycles. The van der Waals surface area contributed by atoms with Gasteiger partial charge in [0.1, 0.15) is 11.6 Å². The highest BCUT2D eigenvalue weighted by molar-refractivity contribution is 5.51. The van der Waals surface area contributed by atoms with Gasteiger partial charge in [-0.1, -0.05) is 0 Å². The molecule has 6 heteroatoms. The average molecular weight is 264 g/mol. The molecule has 0 aliphatic carbocycles. The number of benzene rings is 1. The summed E-state index contributed by atoms with van der Waals surface area (Å²) in [5.41, 5.74) is 6.99. The van der Waals surface area contributed by atoms with Gasteiger partial charge in [0.15, 0.2) is 0 Å². The normalized spacial score (nSPS) is 12.2. The molecular formula is C13H17FN4O. The first kappa shape index (κ1) is 13.4. The van der Waals surface area contributed by atoms with E-state index >= 15 is 0 Å². The average Bonchev–Trinajstić information content (AvgIpc) is 2.84. The van der Waals surface area contributed by atoms with Crippen LogP contribution in [0.5, 0.6) is 5.75 Å². The van der Waals surface area contributed by atoms with Crippen molar-refractivity contribution in [1.82, 2.24) is 9.55 Å². The summed E-state index contributed by atoms with van der Waals surface area (Å²) in [6.07, 6.45) is 3.39. The van der Waals surface area contributed by atoms with E-state index in [4.69, 9.17) is 10.5 Å². The molecule has 0 fully saturated rings. The molecule has 1 heterocycles. The summed E-state index contributed by atoms with van der Waals surface area (Å²) >= 11 is 0. The quantitative estimate of drug-likeness (QED) is 0.862. The van der Waals surface area contributed by atoms with Crippen molar-refractivity contribution in [1.29, 1.82) is 0 Å². The first-order chi connectivity index (χ1) is 9.15. The summed E-state index contributed by atoms with van der Waals surface area (Å²) in [6.45, 7) is 0.330. The number of imidazole rings is 1. The fraction of sp³-hybridized carbons (Fsp3) is 0.308. The number of nitrogens with one attached hydrogen (secondary N) is 1. The van der Waals surface area contributed by atoms with Crippen LogP contribution in [0.25, 0.3) is 0 Å². The summed E-state index contributed by atoms with van der Waals surface area (Å²) in [5, 5.41) is 3.07. The van der Waals surface area contributed by atoms with E-state index in [0.29, 0.717) is 18.0 Å². The van der Waals surface area contributed by atoms with Crippen LogP contribution in [0.1, 0.15) is 11.7 Å². The number of aromatic nitrogens is 2. The predicted molar refractivity (Wildman–Crippen MR) is 71.6 cm³/mol. The summed E-state index contributed by atoms with van der Waals surface area (Å²) < 4.78 is 20.7. The molecule has 0 bridgehead atoms. The zero-order valence-corrected chi connectivity index (χ0v) is 10.9. The van der Waals surface area contributed by atoms with Crippen molar-refractivity contribution in [3.05, 3.63) is 42.2 Å². The van der Waals surface area contributed by atoms with Crippen LogP contribution in [0.2, 0.25) is 0 Å². The lowest BCUT2D eigenvalue weighted by Crippen LogP contribution is -2.23. The lowest BCUT2D eigenvalue weighted by Gasteiger charge is -2.19. The number of aryl methyl sites for hydroxylation is 1. The number of methoxy groups -OCH3 is 1. The minimum absolute atomic E-state index is 0.214. The topological polar surface area (TPSA) is 65.1 Å². The van der Waals surface area contributed by atoms with Gasteiger partial charge in [-0.05, 0) is 12.1 Å². The van der Waals surface area contributed by atoms with Gasteiger partial charge >= 0.3 is 0 Å². The van der Waals surface area contributed by atoms with Crippen LogP contribution in [0.4, 0.5) is 10.1 Å². The van der Waals surface area contributed by atoms with Crippen LogP contribution in [0.3, 0.4) is 0 Å². The van der Waals surface area contributed by atoms with E-state index in [-0.39, 0.29) is 11.9 Å². The molecular weight excluding hydrogens is 247 g/mol. The highest BCUT2D eigenvalue weighted by atomic mass is 19.1. The van der Waals surface area contributed by atoms with Crippen LogP contribution in [0.15, 0.2) is 30.7 Å². The molecule has 102 valence electrons. The van der Waals surface area contributed by atoms with Gasteiger partial charge in [0, 0.05) is 19.7 Å². The second-order valence-electron chi connectivity index (χ2n) is 4.21. The van der Waals surface area contributed by atoms with E-state index < -0.39 is 0 Å². The largest absolute Gasteiger partial charge is 0.497 e. The zero-order chi connectivity index (χ0) is 13.8. The van der Waals surface area contributed by atoms with Crippen LogP contribution in [0, 0.1) is 5.82 Å². The van der Waals surface area contributed by atoms with Crippen molar-refractivity contribution in [2.45, 2.75) is 6.04 Å². The third-order valence-corrected chi connectivity index (χ3v) is 2.95. The number of anilines is 1. The summed E-state index contributed by atoms with van der Waals surface area (Å²) in [4.78, 5) is 4.04. The van der Waals surface area contributed by atoms with Crippen molar-refractivity contribution in [3.63, 3.8) is 0 Å². The molecule has 1 aromatic heterocycles. The Morgan fingerprint density at radius 3 is 2.89 bits per heavy atom. The Bertz CT molecular complexity index is 555. The minimum atomic E-state index is -0.346. The van der Waals surface area contributed by atoms with Crippen LogP contribution in [-0.4, -0.2) is 23.2 Å². The van der Waals surface area contributed by atoms with Crippen molar-refractivity contribution >= 4 is 5.69 Å². The van der Waals surface area contributed by atoms with Crippen LogP contribution in [-0.2, 0) is 7.05 Å². The van der Waals surface area contributed by atoms with Crippen molar-refractivity contribution in [2.75, 3.05) is 19.0 Å². The second-order valence-corrected chi connectivity index (χ2v) is 4.21. The van der Waals surface area contributed by atoms with Gasteiger partial charge in [-0.3, -0.25) is 0 Å². The molecule has 2 aromatic rings. The highest BCUT2D eigenvalue weighted by Gasteiger charge is 2.15. The van der Waals surface area contributed by atoms with E-state index in [1.54, 1.807) is 31.8 Å². The number of hydrogen-bond acceptors (Lipinski definition) is 4. The predicted octanol–water partition coefficient (Wildman–Crippen LogP) is 1.68. The molecule has 0 radical (unpaired) electrons. The fourth-order valence-corrected chi connectivity index (χ4v) is 1.89. The van der Waals surface area contributed by atoms with Gasteiger partial charge in [0.05, 0.1) is 37.1 Å². The number of nitrogens with zero attached hydrogens (tertiary/aromatic N) is 2. The fourth-order valence-electron chi connectivity index (χ4n) is 1.89. The van der Waals surface area contributed by atoms with Crippen molar-refractivity contribution in [3.8, 4) is 5.75 Å². The van der Waals surface area contributed by atoms with Gasteiger partial charge in [0.25, 0.3) is 0 Å². The number of ether oxygens (including phenoxy) is 1. The van der Waals surface area contributed by atoms with Gasteiger partial charge in [-0.25, -0.2) is 9.37 Å². The number of halogens is 1. The molecule has 0 aliphatic heterocycles. The second kappa shape index (κ2) is 5.71. The number of nitrogens with two attached hydrogens (primary N) is 1. The highest BCUT2D eigenvalue weighted by Crippen LogP contribution is 2.25. The summed E-state index contributed by atoms with van der Waals surface area (Å²) in [6, 6.07) is 4.32. The molecule has 3 N–H and O–H groups in total. The van der Waals surface area contributed by atoms with Gasteiger partial charge in [-0.15, -0.1) is 0 Å². The molecule has 2 rings (SSSR count). The monoisotopic (exact) mass is 264 g/mol. The molecule has 0 aliphatic rings. The van der Waals surface area contributed by atoms with Crippen LogP contribution >= 0.6 is 0 Å². The molecule has 0 saturated carbocycles. The Kier molecular flexibility index (Phi) is 4.01. The smallest absolute Gasteiger partial charge is 0.146 e. The maximum atomic E-state index is 13.8. The molecule has 1 atom stereocenters. The third kappa shape index (κ3) is 2.85. The van der Waals surface area contributed by atoms with E-state index in [0.717, 1.165) is 5.69 Å². The molecule has 0 amide bonds. The molecule has 19 heavy (non-hydrogen) atoms. The van der Waals surface area contributed by atoms with Crippen molar-refractivity contribution < 1.29 is 9.13 Å². The Hall–Kier alpha value is -2.08. The molecule has 5 nitrogen and oxygen atoms in total. The minimum Gasteiger partial charge on any atom is -0.497 e. The standard InChI is InChI=1S/C13H17FN4O/c1-18-8-16-7-13(18)12(6-15)17-11-5-9(19-2)3-4-10(11)14/h3-5,7-8,12,17H,6,15H2,1-2H3. The number of rotatable bonds is 5. The Labute approximate surface area is 111 Å². The summed E-state index contributed by atoms with van der Waals surface area (Å²) in [5.74, 6) is 0.242. The van der Waals surface area contributed by atoms with Gasteiger partial charge in [-0.2, -0.15) is 0 Å². The van der Waals surface area contributed by atoms with Crippen molar-refractivity contribution in [2.24, 2.45) is 12.8 Å². The number of hydrogen-bond donors (Lipinski definition) is 2. The SMILES string of the molecule is COc1ccc(F)c(NC(CN)c2cncn2C)c1. The van der Waals surface area contributed by atoms with E-state index in [1.165, 1.54) is 6.07 Å². The molecule has 0 spiro atoms. The maximum Gasteiger partial charge on any atom is 0.146 e. The lowest BCUT2D eigenvalue weighted by molar-refractivity contribution is 0.414. The third-order valence-electron chi connectivity index (χ3n) is 2.95. The first-order valence-corrected chi connectivity index (χ1v) is 5.92. The van der Waals surface area contributed by atoms with Gasteiger partial charge < -0.3 is 20.4 Å². The van der Waals surface area contributed by atoms with E-state index in [1.807, 2.05) is 11.6 Å². The first-order valence-electron chi connectivity index (χ1n) is 5.92. The Morgan fingerprint density at radius 2 is 2.32 bits per heavy atom. The Balaban J connectivity index is 2.26. The van der Waals surface area contributed by atoms with Gasteiger partial charge in [0.2, 0.25) is 0 Å². The molecule has 0 saturated heterocycles. The molecule has 1 unspecified atom stereocenters. The Morgan fingerprint density at radius 1 is 1.53 bits per heavy atom.